The smallest absolute Gasteiger partial charge is 0.127 e. The van der Waals surface area contributed by atoms with Gasteiger partial charge < -0.3 is 5.11 Å². The van der Waals surface area contributed by atoms with Crippen LogP contribution in [0.4, 0.5) is 4.39 Å². The molecule has 1 aliphatic carbocycles. The Morgan fingerprint density at radius 2 is 1.50 bits per heavy atom. The zero-order valence-corrected chi connectivity index (χ0v) is 18.4. The predicted octanol–water partition coefficient (Wildman–Crippen LogP) is 6.39. The summed E-state index contributed by atoms with van der Waals surface area (Å²) >= 11 is 0. The third-order valence-corrected chi connectivity index (χ3v) is 3.25. The van der Waals surface area contributed by atoms with E-state index in [-0.39, 0.29) is 63.5 Å². The zero-order valence-electron chi connectivity index (χ0n) is 15.2. The first-order chi connectivity index (χ1) is 9.50. The van der Waals surface area contributed by atoms with E-state index in [1.807, 2.05) is 20.8 Å². The van der Waals surface area contributed by atoms with Crippen LogP contribution < -0.4 is 0 Å². The van der Waals surface area contributed by atoms with Gasteiger partial charge in [0.25, 0.3) is 0 Å². The van der Waals surface area contributed by atoms with Gasteiger partial charge in [-0.1, -0.05) is 41.5 Å². The number of hydrogen-bond acceptors (Lipinski definition) is 1. The molecule has 0 amide bonds. The minimum absolute atomic E-state index is 0. The van der Waals surface area contributed by atoms with E-state index < -0.39 is 0 Å². The molecule has 0 atom stereocenters. The van der Waals surface area contributed by atoms with Crippen molar-refractivity contribution in [3.8, 4) is 5.75 Å². The van der Waals surface area contributed by atoms with Gasteiger partial charge in [-0.25, -0.2) is 16.0 Å². The van der Waals surface area contributed by atoms with Crippen LogP contribution in [-0.2, 0) is 27.1 Å². The molecule has 136 valence electrons. The minimum Gasteiger partial charge on any atom is -0.508 e. The molecule has 1 nitrogen and oxygen atoms in total. The van der Waals surface area contributed by atoms with Gasteiger partial charge in [-0.15, -0.1) is 31.2 Å². The van der Waals surface area contributed by atoms with Crippen molar-refractivity contribution in [1.82, 2.24) is 0 Å². The molecule has 0 radical (unpaired) electrons. The van der Waals surface area contributed by atoms with Crippen LogP contribution in [0.25, 0.3) is 0 Å². The predicted molar refractivity (Wildman–Crippen MR) is 101 cm³/mol. The van der Waals surface area contributed by atoms with E-state index in [0.29, 0.717) is 5.41 Å². The van der Waals surface area contributed by atoms with Crippen LogP contribution in [0, 0.1) is 17.3 Å². The molecule has 1 aromatic rings. The van der Waals surface area contributed by atoms with E-state index in [1.165, 1.54) is 11.6 Å². The molecule has 0 aromatic heterocycles. The number of hydrogen-bond donors (Lipinski definition) is 1. The summed E-state index contributed by atoms with van der Waals surface area (Å²) in [6.45, 7) is 12.6. The third-order valence-electron chi connectivity index (χ3n) is 3.25. The molecule has 1 aromatic carbocycles. The van der Waals surface area contributed by atoms with Gasteiger partial charge in [0.2, 0.25) is 0 Å². The van der Waals surface area contributed by atoms with Crippen LogP contribution in [-0.4, -0.2) is 5.11 Å². The van der Waals surface area contributed by atoms with Crippen molar-refractivity contribution in [3.05, 3.63) is 53.4 Å². The molecule has 0 aliphatic heterocycles. The fourth-order valence-corrected chi connectivity index (χ4v) is 1.93. The van der Waals surface area contributed by atoms with E-state index in [9.17, 15) is 4.39 Å². The number of rotatable bonds is 0. The summed E-state index contributed by atoms with van der Waals surface area (Å²) in [6, 6.07) is 4.14. The SMILES string of the molecule is CC(C)(C)C1=[C-]CC=C1.CC(C)(C)c1cc(O)cc(F)c1.Cl.Cl.[Ti]. The minimum atomic E-state index is -0.389. The number of benzene rings is 1. The topological polar surface area (TPSA) is 20.2 Å². The maximum Gasteiger partial charge on any atom is 0.127 e. The van der Waals surface area contributed by atoms with Crippen molar-refractivity contribution < 1.29 is 31.2 Å². The molecular weight excluding hydrogens is 382 g/mol. The summed E-state index contributed by atoms with van der Waals surface area (Å²) in [5.41, 5.74) is 2.33. The van der Waals surface area contributed by atoms with E-state index in [4.69, 9.17) is 5.11 Å². The van der Waals surface area contributed by atoms with Gasteiger partial charge in [0, 0.05) is 27.8 Å². The second kappa shape index (κ2) is 11.4. The zero-order chi connectivity index (χ0) is 16.3. The van der Waals surface area contributed by atoms with Gasteiger partial charge in [-0.2, -0.15) is 6.08 Å². The van der Waals surface area contributed by atoms with Gasteiger partial charge >= 0.3 is 0 Å². The Balaban J connectivity index is -0.000000336. The Hall–Kier alpha value is -0.276. The first-order valence-electron chi connectivity index (χ1n) is 7.28. The number of halogens is 3. The number of phenolic OH excluding ortho intramolecular Hbond substituents is 1. The van der Waals surface area contributed by atoms with Crippen molar-refractivity contribution >= 4 is 24.8 Å². The van der Waals surface area contributed by atoms with Crippen molar-refractivity contribution in [3.63, 3.8) is 0 Å². The van der Waals surface area contributed by atoms with E-state index >= 15 is 0 Å². The molecule has 0 heterocycles. The Morgan fingerprint density at radius 3 is 1.79 bits per heavy atom. The van der Waals surface area contributed by atoms with Crippen LogP contribution in [0.5, 0.6) is 5.75 Å². The normalized spacial score (nSPS) is 12.7. The average Bonchev–Trinajstić information content (AvgIpc) is 2.79. The van der Waals surface area contributed by atoms with Gasteiger partial charge in [-0.3, -0.25) is 6.08 Å². The monoisotopic (exact) mass is 409 g/mol. The quantitative estimate of drug-likeness (QED) is 0.388. The third kappa shape index (κ3) is 9.88. The van der Waals surface area contributed by atoms with Gasteiger partial charge in [0.05, 0.1) is 0 Å². The van der Waals surface area contributed by atoms with Crippen molar-refractivity contribution in [1.29, 1.82) is 0 Å². The molecule has 1 aliphatic rings. The Labute approximate surface area is 173 Å². The van der Waals surface area contributed by atoms with Crippen LogP contribution in [0.2, 0.25) is 0 Å². The van der Waals surface area contributed by atoms with Gasteiger partial charge in [0.1, 0.15) is 11.6 Å². The van der Waals surface area contributed by atoms with Gasteiger partial charge in [0.15, 0.2) is 0 Å². The molecule has 24 heavy (non-hydrogen) atoms. The summed E-state index contributed by atoms with van der Waals surface area (Å²) in [5.74, 6) is -0.403. The molecule has 1 N–H and O–H groups in total. The standard InChI is InChI=1S/C10H13FO.C9H13.2ClH.Ti/c1-10(2,3)7-4-8(11)6-9(12)5-7;1-9(2,3)8-6-4-5-7-8;;;/h4-6,12H,1-3H3;4,6H,5H2,1-3H3;2*1H;/q;-1;;;. The van der Waals surface area contributed by atoms with Crippen LogP contribution >= 0.6 is 24.8 Å². The molecule has 0 fully saturated rings. The average molecular weight is 410 g/mol. The van der Waals surface area contributed by atoms with Crippen LogP contribution in [0.3, 0.4) is 0 Å². The maximum atomic E-state index is 12.8. The molecule has 5 heteroatoms. The van der Waals surface area contributed by atoms with Gasteiger partial charge in [-0.05, 0) is 28.5 Å². The fourth-order valence-electron chi connectivity index (χ4n) is 1.93. The van der Waals surface area contributed by atoms with E-state index in [0.717, 1.165) is 18.1 Å². The molecule has 0 bridgehead atoms. The number of allylic oxidation sites excluding steroid dienone is 4. The Kier molecular flexibility index (Phi) is 13.5. The van der Waals surface area contributed by atoms with Crippen molar-refractivity contribution in [2.75, 3.05) is 0 Å². The first kappa shape index (κ1) is 28.5. The fraction of sp³-hybridized carbons (Fsp3) is 0.474. The molecule has 0 saturated carbocycles. The summed E-state index contributed by atoms with van der Waals surface area (Å²) in [4.78, 5) is 0. The molecular formula is C19H28Cl2FOTi-. The largest absolute Gasteiger partial charge is 0.508 e. The molecule has 0 unspecified atom stereocenters. The molecule has 0 spiro atoms. The summed E-state index contributed by atoms with van der Waals surface area (Å²) in [7, 11) is 0. The van der Waals surface area contributed by atoms with Crippen molar-refractivity contribution in [2.24, 2.45) is 5.41 Å². The first-order valence-corrected chi connectivity index (χ1v) is 7.28. The maximum absolute atomic E-state index is 12.8. The molecule has 2 rings (SSSR count). The van der Waals surface area contributed by atoms with Crippen LogP contribution in [0.1, 0.15) is 53.5 Å². The summed E-state index contributed by atoms with van der Waals surface area (Å²) in [6.07, 6.45) is 8.63. The Morgan fingerprint density at radius 1 is 0.958 bits per heavy atom. The van der Waals surface area contributed by atoms with E-state index in [1.54, 1.807) is 6.07 Å². The summed E-state index contributed by atoms with van der Waals surface area (Å²) < 4.78 is 12.8. The second-order valence-electron chi connectivity index (χ2n) is 7.40. The molecule has 0 saturated heterocycles. The van der Waals surface area contributed by atoms with Crippen molar-refractivity contribution in [2.45, 2.75) is 53.4 Å². The number of phenols is 1. The summed E-state index contributed by atoms with van der Waals surface area (Å²) in [5, 5.41) is 9.12. The van der Waals surface area contributed by atoms with Crippen LogP contribution in [0.15, 0.2) is 35.9 Å². The number of aromatic hydroxyl groups is 1. The Bertz CT molecular complexity index is 535. The van der Waals surface area contributed by atoms with E-state index in [2.05, 4.69) is 39.0 Å². The second-order valence-corrected chi connectivity index (χ2v) is 7.40.